The van der Waals surface area contributed by atoms with Gasteiger partial charge in [-0.05, 0) is 43.3 Å². The Kier molecular flexibility index (Phi) is 3.88. The lowest BCUT2D eigenvalue weighted by atomic mass is 10.1. The molecule has 3 aromatic rings. The second kappa shape index (κ2) is 5.97. The van der Waals surface area contributed by atoms with E-state index in [2.05, 4.69) is 10.2 Å². The summed E-state index contributed by atoms with van der Waals surface area (Å²) in [6, 6.07) is 15.0. The minimum Gasteiger partial charge on any atom is -0.484 e. The van der Waals surface area contributed by atoms with Crippen molar-refractivity contribution in [2.75, 3.05) is 0 Å². The zero-order chi connectivity index (χ0) is 14.7. The van der Waals surface area contributed by atoms with E-state index in [4.69, 9.17) is 20.8 Å². The summed E-state index contributed by atoms with van der Waals surface area (Å²) in [6.07, 6.45) is 0. The van der Waals surface area contributed by atoms with Crippen LogP contribution in [0.1, 0.15) is 11.5 Å². The van der Waals surface area contributed by atoms with Crippen LogP contribution in [0.5, 0.6) is 5.75 Å². The number of halogens is 1. The molecule has 0 fully saturated rings. The maximum Gasteiger partial charge on any atom is 0.254 e. The number of hydrogen-bond donors (Lipinski definition) is 0. The highest BCUT2D eigenvalue weighted by Gasteiger charge is 2.08. The third-order valence-corrected chi connectivity index (χ3v) is 3.19. The smallest absolute Gasteiger partial charge is 0.254 e. The molecule has 0 bridgehead atoms. The minimum absolute atomic E-state index is 0.223. The standard InChI is InChI=1S/C16H13ClN2O2/c1-11-2-4-12(5-3-11)16-19-18-15(21-16)10-20-14-8-6-13(17)7-9-14/h2-9H,10H2,1H3. The molecule has 0 saturated heterocycles. The van der Waals surface area contributed by atoms with Crippen molar-refractivity contribution in [3.63, 3.8) is 0 Å². The summed E-state index contributed by atoms with van der Waals surface area (Å²) < 4.78 is 11.1. The summed E-state index contributed by atoms with van der Waals surface area (Å²) in [4.78, 5) is 0. The van der Waals surface area contributed by atoms with Gasteiger partial charge in [0.05, 0.1) is 0 Å². The van der Waals surface area contributed by atoms with E-state index in [1.165, 1.54) is 5.56 Å². The molecule has 0 radical (unpaired) electrons. The third-order valence-electron chi connectivity index (χ3n) is 2.94. The molecule has 0 N–H and O–H groups in total. The quantitative estimate of drug-likeness (QED) is 0.721. The van der Waals surface area contributed by atoms with Crippen LogP contribution in [-0.4, -0.2) is 10.2 Å². The molecule has 1 heterocycles. The Balaban J connectivity index is 1.67. The van der Waals surface area contributed by atoms with E-state index >= 15 is 0 Å². The van der Waals surface area contributed by atoms with Crippen molar-refractivity contribution in [2.24, 2.45) is 0 Å². The molecule has 0 spiro atoms. The van der Waals surface area contributed by atoms with E-state index in [0.717, 1.165) is 5.56 Å². The lowest BCUT2D eigenvalue weighted by Gasteiger charge is -2.02. The predicted molar refractivity (Wildman–Crippen MR) is 80.3 cm³/mol. The van der Waals surface area contributed by atoms with Crippen molar-refractivity contribution < 1.29 is 9.15 Å². The highest BCUT2D eigenvalue weighted by atomic mass is 35.5. The molecular weight excluding hydrogens is 288 g/mol. The SMILES string of the molecule is Cc1ccc(-c2nnc(COc3ccc(Cl)cc3)o2)cc1. The van der Waals surface area contributed by atoms with Crippen LogP contribution in [0, 0.1) is 6.92 Å². The van der Waals surface area contributed by atoms with Gasteiger partial charge in [-0.3, -0.25) is 0 Å². The summed E-state index contributed by atoms with van der Waals surface area (Å²) in [5, 5.41) is 8.67. The van der Waals surface area contributed by atoms with Gasteiger partial charge >= 0.3 is 0 Å². The number of nitrogens with zero attached hydrogens (tertiary/aromatic N) is 2. The van der Waals surface area contributed by atoms with Crippen LogP contribution in [0.25, 0.3) is 11.5 Å². The molecule has 5 heteroatoms. The molecule has 0 saturated carbocycles. The maximum atomic E-state index is 5.81. The molecular formula is C16H13ClN2O2. The first-order valence-corrected chi connectivity index (χ1v) is 6.86. The first-order chi connectivity index (χ1) is 10.2. The molecule has 0 aliphatic carbocycles. The fraction of sp³-hybridized carbons (Fsp3) is 0.125. The van der Waals surface area contributed by atoms with Gasteiger partial charge < -0.3 is 9.15 Å². The van der Waals surface area contributed by atoms with E-state index in [-0.39, 0.29) is 6.61 Å². The van der Waals surface area contributed by atoms with E-state index in [9.17, 15) is 0 Å². The topological polar surface area (TPSA) is 48.2 Å². The maximum absolute atomic E-state index is 5.81. The summed E-state index contributed by atoms with van der Waals surface area (Å²) in [5.74, 6) is 1.62. The van der Waals surface area contributed by atoms with Crippen LogP contribution >= 0.6 is 11.6 Å². The van der Waals surface area contributed by atoms with Crippen LogP contribution in [0.2, 0.25) is 5.02 Å². The Labute approximate surface area is 127 Å². The largest absolute Gasteiger partial charge is 0.484 e. The number of rotatable bonds is 4. The second-order valence-electron chi connectivity index (χ2n) is 4.61. The first kappa shape index (κ1) is 13.6. The van der Waals surface area contributed by atoms with E-state index in [0.29, 0.717) is 22.6 Å². The van der Waals surface area contributed by atoms with Gasteiger partial charge in [0.2, 0.25) is 5.89 Å². The molecule has 0 atom stereocenters. The van der Waals surface area contributed by atoms with Gasteiger partial charge in [0.25, 0.3) is 5.89 Å². The van der Waals surface area contributed by atoms with Crippen LogP contribution in [0.3, 0.4) is 0 Å². The van der Waals surface area contributed by atoms with Gasteiger partial charge in [0, 0.05) is 10.6 Å². The van der Waals surface area contributed by atoms with Crippen molar-refractivity contribution in [3.05, 3.63) is 65.0 Å². The van der Waals surface area contributed by atoms with Crippen LogP contribution in [0.4, 0.5) is 0 Å². The molecule has 0 unspecified atom stereocenters. The Morgan fingerprint density at radius 1 is 1.00 bits per heavy atom. The van der Waals surface area contributed by atoms with Crippen molar-refractivity contribution in [2.45, 2.75) is 13.5 Å². The van der Waals surface area contributed by atoms with Crippen molar-refractivity contribution in [1.82, 2.24) is 10.2 Å². The molecule has 3 rings (SSSR count). The summed E-state index contributed by atoms with van der Waals surface area (Å²) in [6.45, 7) is 2.25. The fourth-order valence-electron chi connectivity index (χ4n) is 1.80. The highest BCUT2D eigenvalue weighted by molar-refractivity contribution is 6.30. The van der Waals surface area contributed by atoms with Gasteiger partial charge in [0.15, 0.2) is 6.61 Å². The molecule has 1 aromatic heterocycles. The number of benzene rings is 2. The number of aromatic nitrogens is 2. The van der Waals surface area contributed by atoms with Gasteiger partial charge in [-0.1, -0.05) is 29.3 Å². The minimum atomic E-state index is 0.223. The summed E-state index contributed by atoms with van der Waals surface area (Å²) in [5.41, 5.74) is 2.08. The predicted octanol–water partition coefficient (Wildman–Crippen LogP) is 4.28. The van der Waals surface area contributed by atoms with Gasteiger partial charge in [0.1, 0.15) is 5.75 Å². The molecule has 0 amide bonds. The van der Waals surface area contributed by atoms with E-state index in [1.807, 2.05) is 31.2 Å². The van der Waals surface area contributed by atoms with E-state index in [1.54, 1.807) is 24.3 Å². The average Bonchev–Trinajstić information content (AvgIpc) is 2.96. The summed E-state index contributed by atoms with van der Waals surface area (Å²) >= 11 is 5.81. The van der Waals surface area contributed by atoms with Gasteiger partial charge in [-0.15, -0.1) is 10.2 Å². The van der Waals surface area contributed by atoms with Crippen LogP contribution in [-0.2, 0) is 6.61 Å². The van der Waals surface area contributed by atoms with Crippen LogP contribution < -0.4 is 4.74 Å². The van der Waals surface area contributed by atoms with Gasteiger partial charge in [-0.2, -0.15) is 0 Å². The van der Waals surface area contributed by atoms with E-state index < -0.39 is 0 Å². The zero-order valence-electron chi connectivity index (χ0n) is 11.4. The number of aryl methyl sites for hydroxylation is 1. The second-order valence-corrected chi connectivity index (χ2v) is 5.05. The third kappa shape index (κ3) is 3.41. The molecule has 106 valence electrons. The molecule has 2 aromatic carbocycles. The lowest BCUT2D eigenvalue weighted by molar-refractivity contribution is 0.264. The lowest BCUT2D eigenvalue weighted by Crippen LogP contribution is -1.95. The van der Waals surface area contributed by atoms with Crippen molar-refractivity contribution in [3.8, 4) is 17.2 Å². The Morgan fingerprint density at radius 2 is 1.71 bits per heavy atom. The molecule has 0 aliphatic heterocycles. The summed E-state index contributed by atoms with van der Waals surface area (Å²) in [7, 11) is 0. The number of hydrogen-bond acceptors (Lipinski definition) is 4. The molecule has 4 nitrogen and oxygen atoms in total. The first-order valence-electron chi connectivity index (χ1n) is 6.48. The number of ether oxygens (including phenoxy) is 1. The van der Waals surface area contributed by atoms with Crippen LogP contribution in [0.15, 0.2) is 52.9 Å². The van der Waals surface area contributed by atoms with Crippen molar-refractivity contribution >= 4 is 11.6 Å². The Hall–Kier alpha value is -2.33. The average molecular weight is 301 g/mol. The van der Waals surface area contributed by atoms with Gasteiger partial charge in [-0.25, -0.2) is 0 Å². The Bertz CT molecular complexity index is 721. The molecule has 21 heavy (non-hydrogen) atoms. The highest BCUT2D eigenvalue weighted by Crippen LogP contribution is 2.20. The monoisotopic (exact) mass is 300 g/mol. The zero-order valence-corrected chi connectivity index (χ0v) is 12.2. The Morgan fingerprint density at radius 3 is 2.43 bits per heavy atom. The molecule has 0 aliphatic rings. The fourth-order valence-corrected chi connectivity index (χ4v) is 1.93. The normalized spacial score (nSPS) is 10.6. The van der Waals surface area contributed by atoms with Crippen molar-refractivity contribution in [1.29, 1.82) is 0 Å².